The van der Waals surface area contributed by atoms with Crippen LogP contribution in [0.1, 0.15) is 43.2 Å². The Balaban J connectivity index is 1.78. The van der Waals surface area contributed by atoms with Gasteiger partial charge in [-0.2, -0.15) is 13.2 Å². The van der Waals surface area contributed by atoms with Gasteiger partial charge in [-0.25, -0.2) is 0 Å². The Bertz CT molecular complexity index is 716. The molecule has 0 saturated heterocycles. The van der Waals surface area contributed by atoms with Crippen molar-refractivity contribution in [1.82, 2.24) is 5.32 Å². The minimum Gasteiger partial charge on any atom is -0.481 e. The highest BCUT2D eigenvalue weighted by atomic mass is 35.5. The summed E-state index contributed by atoms with van der Waals surface area (Å²) in [5, 5.41) is 12.0. The second-order valence-electron chi connectivity index (χ2n) is 6.79. The summed E-state index contributed by atoms with van der Waals surface area (Å²) in [4.78, 5) is 23.7. The summed E-state index contributed by atoms with van der Waals surface area (Å²) in [6, 6.07) is 2.75. The average molecular weight is 376 g/mol. The summed E-state index contributed by atoms with van der Waals surface area (Å²) in [7, 11) is 0. The van der Waals surface area contributed by atoms with E-state index in [0.29, 0.717) is 32.1 Å². The molecule has 25 heavy (non-hydrogen) atoms. The zero-order valence-electron chi connectivity index (χ0n) is 13.2. The van der Waals surface area contributed by atoms with Gasteiger partial charge in [0.15, 0.2) is 0 Å². The number of carbonyl (C=O) groups is 2. The van der Waals surface area contributed by atoms with Crippen LogP contribution in [0.3, 0.4) is 0 Å². The molecular weight excluding hydrogens is 359 g/mol. The van der Waals surface area contributed by atoms with Crippen molar-refractivity contribution in [3.63, 3.8) is 0 Å². The molecule has 2 N–H and O–H groups in total. The lowest BCUT2D eigenvalue weighted by Crippen LogP contribution is -2.41. The maximum atomic E-state index is 13.0. The van der Waals surface area contributed by atoms with Gasteiger partial charge in [-0.15, -0.1) is 0 Å². The van der Waals surface area contributed by atoms with Crippen molar-refractivity contribution in [2.45, 2.75) is 49.7 Å². The number of hydrogen-bond donors (Lipinski definition) is 2. The standard InChI is InChI=1S/C17H17ClF3NO3/c18-13-4-2-10(17(19,20)21)8-12(13)16(5-6-16)15(25)22-11-3-1-9(7-11)14(23)24/h2,4,8-9,11H,1,3,5-7H2,(H,22,25)(H,23,24)/t9-,11+/m0/s1. The number of amides is 1. The Hall–Kier alpha value is -1.76. The molecule has 0 bridgehead atoms. The normalized spacial score (nSPS) is 24.8. The third kappa shape index (κ3) is 3.47. The van der Waals surface area contributed by atoms with Crippen LogP contribution in [0, 0.1) is 5.92 Å². The first-order valence-electron chi connectivity index (χ1n) is 8.04. The van der Waals surface area contributed by atoms with Crippen LogP contribution < -0.4 is 5.32 Å². The Morgan fingerprint density at radius 1 is 1.24 bits per heavy atom. The number of benzene rings is 1. The Morgan fingerprint density at radius 2 is 1.92 bits per heavy atom. The van der Waals surface area contributed by atoms with Gasteiger partial charge < -0.3 is 10.4 Å². The number of hydrogen-bond acceptors (Lipinski definition) is 2. The summed E-state index contributed by atoms with van der Waals surface area (Å²) in [5.74, 6) is -1.75. The number of carboxylic acids is 1. The van der Waals surface area contributed by atoms with E-state index in [-0.39, 0.29) is 22.5 Å². The molecule has 0 aromatic heterocycles. The van der Waals surface area contributed by atoms with E-state index >= 15 is 0 Å². The highest BCUT2D eigenvalue weighted by Crippen LogP contribution is 2.52. The summed E-state index contributed by atoms with van der Waals surface area (Å²) in [6.07, 6.45) is -2.28. The predicted octanol–water partition coefficient (Wildman–Crippen LogP) is 3.76. The smallest absolute Gasteiger partial charge is 0.416 e. The van der Waals surface area contributed by atoms with E-state index in [1.807, 2.05) is 0 Å². The molecule has 4 nitrogen and oxygen atoms in total. The van der Waals surface area contributed by atoms with E-state index in [4.69, 9.17) is 16.7 Å². The topological polar surface area (TPSA) is 66.4 Å². The lowest BCUT2D eigenvalue weighted by Gasteiger charge is -2.21. The van der Waals surface area contributed by atoms with Crippen LogP contribution in [0.25, 0.3) is 0 Å². The summed E-state index contributed by atoms with van der Waals surface area (Å²) in [5.41, 5.74) is -1.69. The monoisotopic (exact) mass is 375 g/mol. The molecule has 0 radical (unpaired) electrons. The minimum absolute atomic E-state index is 0.135. The van der Waals surface area contributed by atoms with Crippen LogP contribution in [0.4, 0.5) is 13.2 Å². The molecule has 0 heterocycles. The number of aliphatic carboxylic acids is 1. The SMILES string of the molecule is O=C(O)[C@H]1CC[C@@H](NC(=O)C2(c3cc(C(F)(F)F)ccc3Cl)CC2)C1. The highest BCUT2D eigenvalue weighted by Gasteiger charge is 2.53. The maximum absolute atomic E-state index is 13.0. The van der Waals surface area contributed by atoms with Gasteiger partial charge in [0.2, 0.25) is 5.91 Å². The Labute approximate surface area is 147 Å². The average Bonchev–Trinajstić information content (AvgIpc) is 3.19. The van der Waals surface area contributed by atoms with Gasteiger partial charge in [-0.1, -0.05) is 11.6 Å². The van der Waals surface area contributed by atoms with Crippen molar-refractivity contribution >= 4 is 23.5 Å². The third-order valence-corrected chi connectivity index (χ3v) is 5.44. The predicted molar refractivity (Wildman–Crippen MR) is 84.3 cm³/mol. The zero-order chi connectivity index (χ0) is 18.4. The van der Waals surface area contributed by atoms with Gasteiger partial charge in [0, 0.05) is 11.1 Å². The Kier molecular flexibility index (Phi) is 4.47. The molecule has 2 fully saturated rings. The first kappa shape index (κ1) is 18.0. The first-order valence-corrected chi connectivity index (χ1v) is 8.42. The van der Waals surface area contributed by atoms with Gasteiger partial charge in [-0.3, -0.25) is 9.59 Å². The quantitative estimate of drug-likeness (QED) is 0.842. The van der Waals surface area contributed by atoms with E-state index in [2.05, 4.69) is 5.32 Å². The largest absolute Gasteiger partial charge is 0.481 e. The number of carbonyl (C=O) groups excluding carboxylic acids is 1. The van der Waals surface area contributed by atoms with E-state index in [9.17, 15) is 22.8 Å². The van der Waals surface area contributed by atoms with Crippen LogP contribution in [-0.2, 0) is 21.2 Å². The molecule has 2 atom stereocenters. The fraction of sp³-hybridized carbons (Fsp3) is 0.529. The molecule has 8 heteroatoms. The van der Waals surface area contributed by atoms with Crippen molar-refractivity contribution in [2.75, 3.05) is 0 Å². The molecule has 136 valence electrons. The van der Waals surface area contributed by atoms with Crippen molar-refractivity contribution in [3.05, 3.63) is 34.3 Å². The van der Waals surface area contributed by atoms with E-state index in [1.165, 1.54) is 6.07 Å². The van der Waals surface area contributed by atoms with Crippen LogP contribution in [0.5, 0.6) is 0 Å². The van der Waals surface area contributed by atoms with E-state index < -0.39 is 29.0 Å². The number of halogens is 4. The van der Waals surface area contributed by atoms with Gasteiger partial charge in [-0.05, 0) is 55.9 Å². The van der Waals surface area contributed by atoms with Gasteiger partial charge in [0.05, 0.1) is 16.9 Å². The fourth-order valence-corrected chi connectivity index (χ4v) is 3.77. The van der Waals surface area contributed by atoms with E-state index in [1.54, 1.807) is 0 Å². The lowest BCUT2D eigenvalue weighted by molar-refractivity contribution is -0.141. The Morgan fingerprint density at radius 3 is 2.44 bits per heavy atom. The molecule has 0 unspecified atom stereocenters. The molecule has 1 aromatic carbocycles. The van der Waals surface area contributed by atoms with Crippen molar-refractivity contribution in [2.24, 2.45) is 5.92 Å². The number of alkyl halides is 3. The molecule has 3 rings (SSSR count). The van der Waals surface area contributed by atoms with Gasteiger partial charge in [0.1, 0.15) is 0 Å². The summed E-state index contributed by atoms with van der Waals surface area (Å²) >= 11 is 6.07. The van der Waals surface area contributed by atoms with E-state index in [0.717, 1.165) is 12.1 Å². The van der Waals surface area contributed by atoms with Gasteiger partial charge in [0.25, 0.3) is 0 Å². The summed E-state index contributed by atoms with van der Waals surface area (Å²) in [6.45, 7) is 0. The van der Waals surface area contributed by atoms with Crippen molar-refractivity contribution in [1.29, 1.82) is 0 Å². The molecule has 1 amide bonds. The van der Waals surface area contributed by atoms with Crippen LogP contribution in [0.15, 0.2) is 18.2 Å². The molecule has 2 aliphatic rings. The fourth-order valence-electron chi connectivity index (χ4n) is 3.47. The van der Waals surface area contributed by atoms with Crippen LogP contribution in [0.2, 0.25) is 5.02 Å². The number of rotatable bonds is 4. The van der Waals surface area contributed by atoms with Gasteiger partial charge >= 0.3 is 12.1 Å². The molecular formula is C17H17ClF3NO3. The molecule has 0 aliphatic heterocycles. The molecule has 1 aromatic rings. The highest BCUT2D eigenvalue weighted by molar-refractivity contribution is 6.32. The third-order valence-electron chi connectivity index (χ3n) is 5.11. The molecule has 0 spiro atoms. The lowest BCUT2D eigenvalue weighted by atomic mass is 9.92. The zero-order valence-corrected chi connectivity index (χ0v) is 14.0. The molecule has 2 aliphatic carbocycles. The summed E-state index contributed by atoms with van der Waals surface area (Å²) < 4.78 is 38.9. The van der Waals surface area contributed by atoms with Crippen LogP contribution >= 0.6 is 11.6 Å². The second kappa shape index (κ2) is 6.20. The number of carboxylic acid groups (broad SMARTS) is 1. The van der Waals surface area contributed by atoms with Crippen LogP contribution in [-0.4, -0.2) is 23.0 Å². The number of nitrogens with one attached hydrogen (secondary N) is 1. The second-order valence-corrected chi connectivity index (χ2v) is 7.20. The van der Waals surface area contributed by atoms with Crippen molar-refractivity contribution in [3.8, 4) is 0 Å². The minimum atomic E-state index is -4.51. The van der Waals surface area contributed by atoms with Crippen molar-refractivity contribution < 1.29 is 27.9 Å². The maximum Gasteiger partial charge on any atom is 0.416 e. The first-order chi connectivity index (χ1) is 11.6. The molecule has 2 saturated carbocycles.